The second-order valence-electron chi connectivity index (χ2n) is 7.44. The number of nitrogens with two attached hydrogens (primary N) is 1. The molecule has 3 unspecified atom stereocenters. The highest BCUT2D eigenvalue weighted by Crippen LogP contribution is 2.38. The van der Waals surface area contributed by atoms with Crippen LogP contribution in [0.3, 0.4) is 0 Å². The fraction of sp³-hybridized carbons (Fsp3) is 1.00. The van der Waals surface area contributed by atoms with Crippen molar-refractivity contribution >= 4 is 9.84 Å². The molecule has 0 bridgehead atoms. The summed E-state index contributed by atoms with van der Waals surface area (Å²) in [6, 6.07) is 0. The van der Waals surface area contributed by atoms with Crippen LogP contribution in [0.1, 0.15) is 66.2 Å². The predicted octanol–water partition coefficient (Wildman–Crippen LogP) is 3.38. The summed E-state index contributed by atoms with van der Waals surface area (Å²) in [4.78, 5) is 0. The lowest BCUT2D eigenvalue weighted by Gasteiger charge is -2.36. The zero-order chi connectivity index (χ0) is 15.4. The Morgan fingerprint density at radius 3 is 2.25 bits per heavy atom. The molecule has 120 valence electrons. The third-order valence-corrected chi connectivity index (χ3v) is 7.58. The van der Waals surface area contributed by atoms with Crippen LogP contribution in [-0.2, 0) is 9.84 Å². The molecule has 0 heterocycles. The molecule has 0 aromatic carbocycles. The van der Waals surface area contributed by atoms with E-state index in [1.54, 1.807) is 20.8 Å². The predicted molar refractivity (Wildman–Crippen MR) is 86.4 cm³/mol. The van der Waals surface area contributed by atoms with Crippen molar-refractivity contribution in [2.45, 2.75) is 71.0 Å². The topological polar surface area (TPSA) is 60.2 Å². The first-order valence-corrected chi connectivity index (χ1v) is 9.78. The lowest BCUT2D eigenvalue weighted by atomic mass is 9.72. The molecule has 0 aromatic heterocycles. The Kier molecular flexibility index (Phi) is 6.52. The van der Waals surface area contributed by atoms with Gasteiger partial charge in [-0.05, 0) is 64.3 Å². The minimum absolute atomic E-state index is 0.316. The van der Waals surface area contributed by atoms with Gasteiger partial charge < -0.3 is 5.73 Å². The van der Waals surface area contributed by atoms with Crippen LogP contribution in [0.25, 0.3) is 0 Å². The molecule has 2 N–H and O–H groups in total. The summed E-state index contributed by atoms with van der Waals surface area (Å²) in [6.07, 6.45) is 6.93. The quantitative estimate of drug-likeness (QED) is 0.818. The van der Waals surface area contributed by atoms with E-state index in [1.165, 1.54) is 32.1 Å². The maximum absolute atomic E-state index is 12.3. The normalized spacial score (nSPS) is 28.6. The van der Waals surface area contributed by atoms with E-state index in [4.69, 9.17) is 5.73 Å². The Labute approximate surface area is 125 Å². The van der Waals surface area contributed by atoms with Gasteiger partial charge in [-0.2, -0.15) is 0 Å². The summed E-state index contributed by atoms with van der Waals surface area (Å²) in [7, 11) is -3.00. The van der Waals surface area contributed by atoms with Crippen molar-refractivity contribution < 1.29 is 8.42 Å². The van der Waals surface area contributed by atoms with Gasteiger partial charge in [-0.1, -0.05) is 26.2 Å². The standard InChI is InChI=1S/C16H33NO2S/c1-5-6-13-7-8-15(12-17)14(11-13)9-10-20(18,19)16(2,3)4/h13-15H,5-12,17H2,1-4H3. The average molecular weight is 304 g/mol. The first-order chi connectivity index (χ1) is 9.21. The second kappa shape index (κ2) is 7.26. The van der Waals surface area contributed by atoms with Gasteiger partial charge in [-0.3, -0.25) is 0 Å². The summed E-state index contributed by atoms with van der Waals surface area (Å²) >= 11 is 0. The van der Waals surface area contributed by atoms with Gasteiger partial charge in [0.25, 0.3) is 0 Å². The zero-order valence-corrected chi connectivity index (χ0v) is 14.5. The van der Waals surface area contributed by atoms with Crippen molar-refractivity contribution in [2.75, 3.05) is 12.3 Å². The summed E-state index contributed by atoms with van der Waals surface area (Å²) in [5, 5.41) is 0. The highest BCUT2D eigenvalue weighted by atomic mass is 32.2. The lowest BCUT2D eigenvalue weighted by molar-refractivity contribution is 0.172. The number of rotatable bonds is 6. The van der Waals surface area contributed by atoms with Crippen LogP contribution in [0.15, 0.2) is 0 Å². The monoisotopic (exact) mass is 303 g/mol. The van der Waals surface area contributed by atoms with Gasteiger partial charge in [0.05, 0.1) is 10.5 Å². The van der Waals surface area contributed by atoms with Crippen LogP contribution in [0.4, 0.5) is 0 Å². The summed E-state index contributed by atoms with van der Waals surface area (Å²) in [5.74, 6) is 2.13. The largest absolute Gasteiger partial charge is 0.330 e. The van der Waals surface area contributed by atoms with Crippen LogP contribution < -0.4 is 5.73 Å². The molecule has 1 saturated carbocycles. The number of hydrogen-bond donors (Lipinski definition) is 1. The highest BCUT2D eigenvalue weighted by Gasteiger charge is 2.33. The van der Waals surface area contributed by atoms with E-state index in [2.05, 4.69) is 6.92 Å². The van der Waals surface area contributed by atoms with Crippen molar-refractivity contribution in [3.05, 3.63) is 0 Å². The van der Waals surface area contributed by atoms with Crippen LogP contribution >= 0.6 is 0 Å². The van der Waals surface area contributed by atoms with Gasteiger partial charge >= 0.3 is 0 Å². The van der Waals surface area contributed by atoms with E-state index in [1.807, 2.05) is 0 Å². The zero-order valence-electron chi connectivity index (χ0n) is 13.7. The molecule has 1 rings (SSSR count). The Morgan fingerprint density at radius 2 is 1.75 bits per heavy atom. The van der Waals surface area contributed by atoms with Gasteiger partial charge in [0, 0.05) is 0 Å². The molecule has 4 heteroatoms. The summed E-state index contributed by atoms with van der Waals surface area (Å²) in [5.41, 5.74) is 5.89. The van der Waals surface area contributed by atoms with Crippen LogP contribution in [-0.4, -0.2) is 25.5 Å². The smallest absolute Gasteiger partial charge is 0.155 e. The molecular weight excluding hydrogens is 270 g/mol. The van der Waals surface area contributed by atoms with Crippen LogP contribution in [0, 0.1) is 17.8 Å². The molecule has 1 aliphatic carbocycles. The SMILES string of the molecule is CCCC1CCC(CN)C(CCS(=O)(=O)C(C)(C)C)C1. The fourth-order valence-corrected chi connectivity index (χ4v) is 4.60. The first kappa shape index (κ1) is 18.0. The van der Waals surface area contributed by atoms with E-state index >= 15 is 0 Å². The van der Waals surface area contributed by atoms with E-state index < -0.39 is 14.6 Å². The Balaban J connectivity index is 2.63. The second-order valence-corrected chi connectivity index (χ2v) is 10.3. The van der Waals surface area contributed by atoms with Crippen molar-refractivity contribution in [3.63, 3.8) is 0 Å². The van der Waals surface area contributed by atoms with Gasteiger partial charge in [0.1, 0.15) is 0 Å². The average Bonchev–Trinajstić information content (AvgIpc) is 2.35. The van der Waals surface area contributed by atoms with Gasteiger partial charge in [0.2, 0.25) is 0 Å². The molecule has 3 atom stereocenters. The maximum Gasteiger partial charge on any atom is 0.155 e. The molecule has 20 heavy (non-hydrogen) atoms. The number of hydrogen-bond acceptors (Lipinski definition) is 3. The number of sulfone groups is 1. The van der Waals surface area contributed by atoms with E-state index in [0.29, 0.717) is 24.1 Å². The fourth-order valence-electron chi connectivity index (χ4n) is 3.37. The van der Waals surface area contributed by atoms with Gasteiger partial charge in [-0.25, -0.2) is 8.42 Å². The molecule has 0 spiro atoms. The summed E-state index contributed by atoms with van der Waals surface area (Å²) < 4.78 is 23.9. The molecule has 0 radical (unpaired) electrons. The molecule has 3 nitrogen and oxygen atoms in total. The highest BCUT2D eigenvalue weighted by molar-refractivity contribution is 7.92. The van der Waals surface area contributed by atoms with Crippen molar-refractivity contribution in [3.8, 4) is 0 Å². The van der Waals surface area contributed by atoms with E-state index in [-0.39, 0.29) is 0 Å². The Bertz CT molecular complexity index is 384. The Hall–Kier alpha value is -0.0900. The maximum atomic E-state index is 12.3. The third-order valence-electron chi connectivity index (χ3n) is 4.94. The molecule has 0 aliphatic heterocycles. The molecule has 0 saturated heterocycles. The van der Waals surface area contributed by atoms with Gasteiger partial charge in [0.15, 0.2) is 9.84 Å². The molecule has 0 aromatic rings. The minimum Gasteiger partial charge on any atom is -0.330 e. The molecular formula is C16H33NO2S. The molecule has 1 fully saturated rings. The third kappa shape index (κ3) is 4.73. The minimum atomic E-state index is -3.00. The van der Waals surface area contributed by atoms with Crippen molar-refractivity contribution in [1.82, 2.24) is 0 Å². The van der Waals surface area contributed by atoms with Crippen molar-refractivity contribution in [1.29, 1.82) is 0 Å². The lowest BCUT2D eigenvalue weighted by Crippen LogP contribution is -2.35. The van der Waals surface area contributed by atoms with E-state index in [0.717, 1.165) is 12.3 Å². The van der Waals surface area contributed by atoms with Crippen molar-refractivity contribution in [2.24, 2.45) is 23.5 Å². The van der Waals surface area contributed by atoms with Crippen LogP contribution in [0.5, 0.6) is 0 Å². The Morgan fingerprint density at radius 1 is 1.10 bits per heavy atom. The molecule has 1 aliphatic rings. The molecule has 0 amide bonds. The first-order valence-electron chi connectivity index (χ1n) is 8.13. The van der Waals surface area contributed by atoms with Crippen LogP contribution in [0.2, 0.25) is 0 Å². The summed E-state index contributed by atoms with van der Waals surface area (Å²) in [6.45, 7) is 8.32. The van der Waals surface area contributed by atoms with Gasteiger partial charge in [-0.15, -0.1) is 0 Å². The van der Waals surface area contributed by atoms with E-state index in [9.17, 15) is 8.42 Å².